The Hall–Kier alpha value is -2.11. The Morgan fingerprint density at radius 3 is 2.32 bits per heavy atom. The molecule has 1 N–H and O–H groups in total. The van der Waals surface area contributed by atoms with Crippen LogP contribution in [0.5, 0.6) is 0 Å². The second-order valence-corrected chi connectivity index (χ2v) is 8.29. The number of hydrogen-bond acceptors (Lipinski definition) is 6. The van der Waals surface area contributed by atoms with Crippen molar-refractivity contribution in [3.8, 4) is 11.4 Å². The third-order valence-corrected chi connectivity index (χ3v) is 5.98. The second kappa shape index (κ2) is 6.32. The predicted molar refractivity (Wildman–Crippen MR) is 84.9 cm³/mol. The summed E-state index contributed by atoms with van der Waals surface area (Å²) < 4.78 is 68.5. The normalized spacial score (nSPS) is 12.3. The smallest absolute Gasteiger partial charge is 0.329 e. The summed E-state index contributed by atoms with van der Waals surface area (Å²) in [6, 6.07) is 8.28. The fourth-order valence-electron chi connectivity index (χ4n) is 1.79. The third-order valence-electron chi connectivity index (χ3n) is 2.88. The minimum Gasteiger partial charge on any atom is -0.329 e. The van der Waals surface area contributed by atoms with Gasteiger partial charge in [0.15, 0.2) is 0 Å². The molecule has 2 aromatic heterocycles. The van der Waals surface area contributed by atoms with E-state index in [9.17, 15) is 21.6 Å². The van der Waals surface area contributed by atoms with Crippen molar-refractivity contribution in [1.82, 2.24) is 10.1 Å². The van der Waals surface area contributed by atoms with Crippen LogP contribution in [0.3, 0.4) is 0 Å². The van der Waals surface area contributed by atoms with Gasteiger partial charge in [0.05, 0.1) is 4.34 Å². The maximum Gasteiger partial charge on any atom is 0.471 e. The Labute approximate surface area is 148 Å². The van der Waals surface area contributed by atoms with Crippen LogP contribution < -0.4 is 4.72 Å². The highest BCUT2D eigenvalue weighted by molar-refractivity contribution is 7.94. The monoisotopic (exact) mass is 409 g/mol. The number of benzene rings is 1. The summed E-state index contributed by atoms with van der Waals surface area (Å²) in [7, 11) is -3.80. The molecule has 25 heavy (non-hydrogen) atoms. The molecule has 132 valence electrons. The first-order chi connectivity index (χ1) is 11.6. The van der Waals surface area contributed by atoms with E-state index in [0.717, 1.165) is 11.3 Å². The maximum absolute atomic E-state index is 12.4. The van der Waals surface area contributed by atoms with Crippen LogP contribution >= 0.6 is 22.9 Å². The van der Waals surface area contributed by atoms with Gasteiger partial charge < -0.3 is 4.52 Å². The molecule has 0 fully saturated rings. The highest BCUT2D eigenvalue weighted by Crippen LogP contribution is 2.30. The number of nitrogens with one attached hydrogen (secondary N) is 1. The van der Waals surface area contributed by atoms with Gasteiger partial charge in [-0.05, 0) is 36.4 Å². The van der Waals surface area contributed by atoms with Crippen LogP contribution in [0, 0.1) is 0 Å². The summed E-state index contributed by atoms with van der Waals surface area (Å²) in [6.07, 6.45) is -4.73. The van der Waals surface area contributed by atoms with Crippen molar-refractivity contribution in [3.05, 3.63) is 46.6 Å². The Morgan fingerprint density at radius 2 is 1.80 bits per heavy atom. The number of halogens is 4. The van der Waals surface area contributed by atoms with Crippen LogP contribution in [0.1, 0.15) is 5.89 Å². The van der Waals surface area contributed by atoms with E-state index >= 15 is 0 Å². The van der Waals surface area contributed by atoms with E-state index < -0.39 is 22.1 Å². The van der Waals surface area contributed by atoms with Gasteiger partial charge in [-0.2, -0.15) is 18.2 Å². The number of anilines is 1. The third kappa shape index (κ3) is 3.94. The SMILES string of the molecule is O=S(=O)(Nc1ccc(-c2noc(C(F)(F)F)n2)cc1)c1ccc(Cl)s1. The maximum atomic E-state index is 12.4. The fourth-order valence-corrected chi connectivity index (χ4v) is 4.33. The lowest BCUT2D eigenvalue weighted by molar-refractivity contribution is -0.159. The lowest BCUT2D eigenvalue weighted by atomic mass is 10.2. The largest absolute Gasteiger partial charge is 0.471 e. The van der Waals surface area contributed by atoms with Crippen molar-refractivity contribution in [2.24, 2.45) is 0 Å². The van der Waals surface area contributed by atoms with Crippen LogP contribution in [0.2, 0.25) is 4.34 Å². The quantitative estimate of drug-likeness (QED) is 0.695. The zero-order valence-corrected chi connectivity index (χ0v) is 14.3. The molecule has 0 aliphatic heterocycles. The Bertz CT molecular complexity index is 997. The summed E-state index contributed by atoms with van der Waals surface area (Å²) in [4.78, 5) is 3.25. The number of nitrogens with zero attached hydrogens (tertiary/aromatic N) is 2. The Kier molecular flexibility index (Phi) is 4.47. The molecular formula is C13H7ClF3N3O3S2. The molecule has 0 amide bonds. The van der Waals surface area contributed by atoms with Gasteiger partial charge >= 0.3 is 12.1 Å². The molecule has 0 aliphatic rings. The van der Waals surface area contributed by atoms with E-state index in [1.165, 1.54) is 36.4 Å². The van der Waals surface area contributed by atoms with Gasteiger partial charge in [-0.25, -0.2) is 8.42 Å². The minimum atomic E-state index is -4.73. The molecule has 0 spiro atoms. The highest BCUT2D eigenvalue weighted by Gasteiger charge is 2.38. The molecule has 3 aromatic rings. The van der Waals surface area contributed by atoms with Crippen molar-refractivity contribution in [2.45, 2.75) is 10.4 Å². The lowest BCUT2D eigenvalue weighted by Crippen LogP contribution is -2.11. The number of sulfonamides is 1. The van der Waals surface area contributed by atoms with Crippen molar-refractivity contribution in [2.75, 3.05) is 4.72 Å². The number of alkyl halides is 3. The number of thiophene rings is 1. The standard InChI is InChI=1S/C13H7ClF3N3O3S2/c14-9-5-6-10(24-9)25(21,22)20-8-3-1-7(2-4-8)11-18-12(23-19-11)13(15,16)17/h1-6,20H. The molecule has 0 atom stereocenters. The van der Waals surface area contributed by atoms with E-state index in [1.807, 2.05) is 0 Å². The summed E-state index contributed by atoms with van der Waals surface area (Å²) in [5, 5.41) is 3.25. The van der Waals surface area contributed by atoms with Crippen LogP contribution in [0.25, 0.3) is 11.4 Å². The van der Waals surface area contributed by atoms with Crippen molar-refractivity contribution >= 4 is 38.6 Å². The average Bonchev–Trinajstić information content (AvgIpc) is 3.16. The molecule has 12 heteroatoms. The molecule has 1 aromatic carbocycles. The second-order valence-electron chi connectivity index (χ2n) is 4.66. The summed E-state index contributed by atoms with van der Waals surface area (Å²) >= 11 is 6.61. The molecular weight excluding hydrogens is 403 g/mol. The molecule has 0 radical (unpaired) electrons. The van der Waals surface area contributed by atoms with E-state index in [2.05, 4.69) is 19.4 Å². The first-order valence-electron chi connectivity index (χ1n) is 6.45. The van der Waals surface area contributed by atoms with Crippen LogP contribution in [-0.2, 0) is 16.2 Å². The van der Waals surface area contributed by atoms with Gasteiger partial charge in [0, 0.05) is 11.3 Å². The molecule has 0 unspecified atom stereocenters. The fraction of sp³-hybridized carbons (Fsp3) is 0.0769. The van der Waals surface area contributed by atoms with Crippen molar-refractivity contribution in [1.29, 1.82) is 0 Å². The number of aromatic nitrogens is 2. The number of hydrogen-bond donors (Lipinski definition) is 1. The van der Waals surface area contributed by atoms with Crippen molar-refractivity contribution < 1.29 is 26.1 Å². The topological polar surface area (TPSA) is 85.1 Å². The van der Waals surface area contributed by atoms with E-state index in [0.29, 0.717) is 4.34 Å². The summed E-state index contributed by atoms with van der Waals surface area (Å²) in [5.41, 5.74) is 0.453. The molecule has 0 aliphatic carbocycles. The van der Waals surface area contributed by atoms with Crippen LogP contribution in [-0.4, -0.2) is 18.6 Å². The van der Waals surface area contributed by atoms with Crippen LogP contribution in [0.15, 0.2) is 45.1 Å². The lowest BCUT2D eigenvalue weighted by Gasteiger charge is -2.06. The number of rotatable bonds is 4. The van der Waals surface area contributed by atoms with E-state index in [4.69, 9.17) is 11.6 Å². The van der Waals surface area contributed by atoms with Gasteiger partial charge in [-0.3, -0.25) is 4.72 Å². The zero-order valence-electron chi connectivity index (χ0n) is 11.9. The van der Waals surface area contributed by atoms with E-state index in [-0.39, 0.29) is 21.3 Å². The highest BCUT2D eigenvalue weighted by atomic mass is 35.5. The summed E-state index contributed by atoms with van der Waals surface area (Å²) in [5.74, 6) is -1.71. The molecule has 2 heterocycles. The summed E-state index contributed by atoms with van der Waals surface area (Å²) in [6.45, 7) is 0. The first kappa shape index (κ1) is 17.7. The van der Waals surface area contributed by atoms with Gasteiger partial charge in [0.1, 0.15) is 4.21 Å². The minimum absolute atomic E-state index is 0.0366. The molecule has 0 bridgehead atoms. The van der Waals surface area contributed by atoms with Gasteiger partial charge in [0.2, 0.25) is 5.82 Å². The zero-order chi connectivity index (χ0) is 18.2. The van der Waals surface area contributed by atoms with E-state index in [1.54, 1.807) is 0 Å². The van der Waals surface area contributed by atoms with Gasteiger partial charge in [-0.1, -0.05) is 16.8 Å². The molecule has 3 rings (SSSR count). The molecule has 6 nitrogen and oxygen atoms in total. The Balaban J connectivity index is 1.80. The average molecular weight is 410 g/mol. The Morgan fingerprint density at radius 1 is 1.12 bits per heavy atom. The van der Waals surface area contributed by atoms with Gasteiger partial charge in [0.25, 0.3) is 10.0 Å². The predicted octanol–water partition coefficient (Wildman–Crippen LogP) is 4.27. The van der Waals surface area contributed by atoms with Crippen molar-refractivity contribution in [3.63, 3.8) is 0 Å². The first-order valence-corrected chi connectivity index (χ1v) is 9.12. The molecule has 0 saturated carbocycles. The van der Waals surface area contributed by atoms with Gasteiger partial charge in [-0.15, -0.1) is 11.3 Å². The molecule has 0 saturated heterocycles. The van der Waals surface area contributed by atoms with Crippen LogP contribution in [0.4, 0.5) is 18.9 Å².